The molecule has 0 atom stereocenters. The summed E-state index contributed by atoms with van der Waals surface area (Å²) in [6.45, 7) is 5.34. The first-order valence-corrected chi connectivity index (χ1v) is 9.92. The lowest BCUT2D eigenvalue weighted by Crippen LogP contribution is -2.18. The number of benzene rings is 1. The molecule has 0 amide bonds. The maximum atomic E-state index is 11.1. The predicted molar refractivity (Wildman–Crippen MR) is 109 cm³/mol. The first-order chi connectivity index (χ1) is 13.7. The minimum Gasteiger partial charge on any atom is -0.469 e. The number of rotatable bonds is 16. The molecule has 0 aliphatic rings. The van der Waals surface area contributed by atoms with Crippen molar-refractivity contribution in [1.82, 2.24) is 0 Å². The van der Waals surface area contributed by atoms with Gasteiger partial charge in [-0.25, -0.2) is 0 Å². The Balaban J connectivity index is 2.48. The Morgan fingerprint density at radius 2 is 1.75 bits per heavy atom. The molecule has 1 aromatic carbocycles. The molecule has 0 saturated heterocycles. The number of esters is 1. The minimum absolute atomic E-state index is 0.139. The molecule has 6 nitrogen and oxygen atoms in total. The van der Waals surface area contributed by atoms with Crippen LogP contribution in [0.15, 0.2) is 30.3 Å². The number of hydrogen-bond donors (Lipinski definition) is 0. The summed E-state index contributed by atoms with van der Waals surface area (Å²) in [6, 6.07) is 8.35. The molecule has 6 heteroatoms. The van der Waals surface area contributed by atoms with Crippen molar-refractivity contribution in [1.29, 1.82) is 0 Å². The molecule has 158 valence electrons. The summed E-state index contributed by atoms with van der Waals surface area (Å²) in [6.07, 6.45) is 7.69. The zero-order valence-electron chi connectivity index (χ0n) is 17.4. The van der Waals surface area contributed by atoms with Gasteiger partial charge >= 0.3 is 5.97 Å². The van der Waals surface area contributed by atoms with Crippen molar-refractivity contribution in [3.63, 3.8) is 0 Å². The number of ether oxygens (including phenoxy) is 5. The first kappa shape index (κ1) is 24.3. The van der Waals surface area contributed by atoms with Gasteiger partial charge in [0.05, 0.1) is 7.11 Å². The maximum Gasteiger partial charge on any atom is 0.305 e. The van der Waals surface area contributed by atoms with Crippen LogP contribution in [-0.2, 0) is 34.9 Å². The van der Waals surface area contributed by atoms with Crippen molar-refractivity contribution in [3.8, 4) is 0 Å². The molecular formula is C22H34O6. The minimum atomic E-state index is -0.528. The van der Waals surface area contributed by atoms with E-state index in [9.17, 15) is 4.79 Å². The standard InChI is InChI=1S/C22H34O6/c1-4-25-17-27-22(28-18-26-5-2)15-14-20-12-9-11-19(16-20)10-7-6-8-13-21(23)24-3/h9,11-12,14-16,22H,4-8,10,13,17-18H2,1-3H3/b15-14+. The topological polar surface area (TPSA) is 63.2 Å². The number of carbonyl (C=O) groups excluding carboxylic acids is 1. The number of unbranched alkanes of at least 4 members (excludes halogenated alkanes) is 2. The highest BCUT2D eigenvalue weighted by atomic mass is 16.8. The lowest BCUT2D eigenvalue weighted by Gasteiger charge is -2.15. The molecule has 28 heavy (non-hydrogen) atoms. The van der Waals surface area contributed by atoms with Crippen LogP contribution in [0.3, 0.4) is 0 Å². The van der Waals surface area contributed by atoms with Crippen molar-refractivity contribution >= 4 is 12.0 Å². The Morgan fingerprint density at radius 3 is 2.39 bits per heavy atom. The zero-order chi connectivity index (χ0) is 20.5. The summed E-state index contributed by atoms with van der Waals surface area (Å²) in [5.41, 5.74) is 2.35. The third-order valence-corrected chi connectivity index (χ3v) is 4.01. The van der Waals surface area contributed by atoms with Crippen LogP contribution in [-0.4, -0.2) is 46.2 Å². The van der Waals surface area contributed by atoms with Crippen LogP contribution in [0, 0.1) is 0 Å². The van der Waals surface area contributed by atoms with Crippen LogP contribution in [0.4, 0.5) is 0 Å². The molecule has 1 aromatic rings. The predicted octanol–water partition coefficient (Wildman–Crippen LogP) is 4.32. The van der Waals surface area contributed by atoms with Gasteiger partial charge in [0.2, 0.25) is 0 Å². The molecule has 0 bridgehead atoms. The lowest BCUT2D eigenvalue weighted by molar-refractivity contribution is -0.205. The molecule has 0 N–H and O–H groups in total. The van der Waals surface area contributed by atoms with Crippen molar-refractivity contribution in [3.05, 3.63) is 41.5 Å². The van der Waals surface area contributed by atoms with E-state index in [1.807, 2.05) is 38.1 Å². The van der Waals surface area contributed by atoms with Crippen LogP contribution in [0.5, 0.6) is 0 Å². The molecule has 0 unspecified atom stereocenters. The van der Waals surface area contributed by atoms with Gasteiger partial charge in [0.1, 0.15) is 13.6 Å². The summed E-state index contributed by atoms with van der Waals surface area (Å²) < 4.78 is 26.2. The smallest absolute Gasteiger partial charge is 0.305 e. The van der Waals surface area contributed by atoms with Gasteiger partial charge in [0.25, 0.3) is 0 Å². The molecule has 0 radical (unpaired) electrons. The molecule has 0 saturated carbocycles. The SMILES string of the molecule is CCOCOC(/C=C/c1cccc(CCCCCC(=O)OC)c1)OCOCC. The second-order valence-corrected chi connectivity index (χ2v) is 6.16. The van der Waals surface area contributed by atoms with Crippen LogP contribution in [0.25, 0.3) is 6.08 Å². The van der Waals surface area contributed by atoms with E-state index in [0.717, 1.165) is 31.2 Å². The Kier molecular flexibility index (Phi) is 14.1. The summed E-state index contributed by atoms with van der Waals surface area (Å²) in [5, 5.41) is 0. The average molecular weight is 395 g/mol. The monoisotopic (exact) mass is 394 g/mol. The van der Waals surface area contributed by atoms with E-state index in [-0.39, 0.29) is 19.6 Å². The summed E-state index contributed by atoms with van der Waals surface area (Å²) in [5.74, 6) is -0.139. The molecule has 0 heterocycles. The van der Waals surface area contributed by atoms with E-state index < -0.39 is 6.29 Å². The van der Waals surface area contributed by atoms with Crippen LogP contribution in [0.1, 0.15) is 50.7 Å². The van der Waals surface area contributed by atoms with Gasteiger partial charge in [-0.3, -0.25) is 4.79 Å². The quantitative estimate of drug-likeness (QED) is 0.236. The molecular weight excluding hydrogens is 360 g/mol. The fraction of sp³-hybridized carbons (Fsp3) is 0.591. The van der Waals surface area contributed by atoms with Gasteiger partial charge in [-0.15, -0.1) is 0 Å². The molecule has 0 aromatic heterocycles. The zero-order valence-corrected chi connectivity index (χ0v) is 17.4. The van der Waals surface area contributed by atoms with E-state index in [2.05, 4.69) is 16.9 Å². The summed E-state index contributed by atoms with van der Waals surface area (Å²) in [4.78, 5) is 11.1. The van der Waals surface area contributed by atoms with Gasteiger partial charge in [-0.2, -0.15) is 0 Å². The largest absolute Gasteiger partial charge is 0.469 e. The van der Waals surface area contributed by atoms with Crippen LogP contribution < -0.4 is 0 Å². The number of methoxy groups -OCH3 is 1. The van der Waals surface area contributed by atoms with Crippen molar-refractivity contribution in [2.24, 2.45) is 0 Å². The van der Waals surface area contributed by atoms with Crippen molar-refractivity contribution in [2.45, 2.75) is 52.2 Å². The second kappa shape index (κ2) is 16.2. The molecule has 0 fully saturated rings. The van der Waals surface area contributed by atoms with E-state index in [0.29, 0.717) is 19.6 Å². The fourth-order valence-corrected chi connectivity index (χ4v) is 2.48. The average Bonchev–Trinajstić information content (AvgIpc) is 2.71. The Bertz CT molecular complexity index is 548. The van der Waals surface area contributed by atoms with E-state index in [4.69, 9.17) is 18.9 Å². The molecule has 1 rings (SSSR count). The van der Waals surface area contributed by atoms with E-state index in [1.54, 1.807) is 0 Å². The third-order valence-electron chi connectivity index (χ3n) is 4.01. The normalized spacial score (nSPS) is 11.4. The van der Waals surface area contributed by atoms with Crippen LogP contribution >= 0.6 is 0 Å². The maximum absolute atomic E-state index is 11.1. The van der Waals surface area contributed by atoms with Crippen molar-refractivity contribution in [2.75, 3.05) is 33.9 Å². The highest BCUT2D eigenvalue weighted by Gasteiger charge is 2.05. The van der Waals surface area contributed by atoms with E-state index in [1.165, 1.54) is 12.7 Å². The fourth-order valence-electron chi connectivity index (χ4n) is 2.48. The first-order valence-electron chi connectivity index (χ1n) is 9.92. The van der Waals surface area contributed by atoms with E-state index >= 15 is 0 Å². The highest BCUT2D eigenvalue weighted by Crippen LogP contribution is 2.13. The Labute approximate surface area is 168 Å². The number of hydrogen-bond acceptors (Lipinski definition) is 6. The molecule has 0 aliphatic heterocycles. The molecule has 0 aliphatic carbocycles. The highest BCUT2D eigenvalue weighted by molar-refractivity contribution is 5.68. The lowest BCUT2D eigenvalue weighted by atomic mass is 10.0. The van der Waals surface area contributed by atoms with Gasteiger partial charge in [-0.1, -0.05) is 36.8 Å². The summed E-state index contributed by atoms with van der Waals surface area (Å²) in [7, 11) is 1.43. The van der Waals surface area contributed by atoms with Gasteiger partial charge in [0, 0.05) is 19.6 Å². The third kappa shape index (κ3) is 11.9. The number of aryl methyl sites for hydroxylation is 1. The van der Waals surface area contributed by atoms with Gasteiger partial charge in [0.15, 0.2) is 6.29 Å². The second-order valence-electron chi connectivity index (χ2n) is 6.16. The molecule has 0 spiro atoms. The Hall–Kier alpha value is -1.73. The van der Waals surface area contributed by atoms with Crippen molar-refractivity contribution < 1.29 is 28.5 Å². The Morgan fingerprint density at radius 1 is 1.04 bits per heavy atom. The van der Waals surface area contributed by atoms with Crippen LogP contribution in [0.2, 0.25) is 0 Å². The van der Waals surface area contributed by atoms with Gasteiger partial charge in [-0.05, 0) is 50.3 Å². The number of carbonyl (C=O) groups is 1. The van der Waals surface area contributed by atoms with Gasteiger partial charge < -0.3 is 23.7 Å². The summed E-state index contributed by atoms with van der Waals surface area (Å²) >= 11 is 0.